The van der Waals surface area contributed by atoms with Crippen LogP contribution in [0, 0.1) is 0 Å². The predicted octanol–water partition coefficient (Wildman–Crippen LogP) is 1.94. The fourth-order valence-corrected chi connectivity index (χ4v) is 3.03. The number of pyridine rings is 2. The van der Waals surface area contributed by atoms with Gasteiger partial charge in [-0.05, 0) is 36.6 Å². The molecular formula is C16H17N5. The predicted molar refractivity (Wildman–Crippen MR) is 80.0 cm³/mol. The molecule has 0 radical (unpaired) electrons. The summed E-state index contributed by atoms with van der Waals surface area (Å²) in [5.74, 6) is 0.998. The van der Waals surface area contributed by atoms with Gasteiger partial charge in [-0.15, -0.1) is 10.2 Å². The molecule has 3 aromatic rings. The summed E-state index contributed by atoms with van der Waals surface area (Å²) in [5, 5.41) is 12.0. The lowest BCUT2D eigenvalue weighted by Gasteiger charge is -2.12. The largest absolute Gasteiger partial charge is 0.308 e. The average molecular weight is 279 g/mol. The quantitative estimate of drug-likeness (QED) is 0.793. The van der Waals surface area contributed by atoms with Gasteiger partial charge in [-0.2, -0.15) is 0 Å². The van der Waals surface area contributed by atoms with E-state index in [1.165, 1.54) is 11.3 Å². The Morgan fingerprint density at radius 2 is 2.19 bits per heavy atom. The molecule has 1 aliphatic carbocycles. The standard InChI is InChI=1S/C16H17N5/c1-2-11-21-14(5-1)19-20-15(21)8-10-17-13-7-6-12-4-3-9-18-16(12)13/h1-5,9,11,13,17H,6-8,10H2. The molecule has 106 valence electrons. The van der Waals surface area contributed by atoms with Crippen molar-refractivity contribution in [2.45, 2.75) is 25.3 Å². The van der Waals surface area contributed by atoms with Crippen LogP contribution in [0.4, 0.5) is 0 Å². The zero-order valence-corrected chi connectivity index (χ0v) is 11.7. The third-order valence-electron chi connectivity index (χ3n) is 4.08. The summed E-state index contributed by atoms with van der Waals surface area (Å²) in [4.78, 5) is 4.51. The maximum atomic E-state index is 4.51. The molecule has 0 bridgehead atoms. The normalized spacial score (nSPS) is 17.2. The van der Waals surface area contributed by atoms with Gasteiger partial charge < -0.3 is 5.32 Å². The lowest BCUT2D eigenvalue weighted by molar-refractivity contribution is 0.520. The maximum absolute atomic E-state index is 4.51. The molecule has 5 nitrogen and oxygen atoms in total. The number of nitrogens with one attached hydrogen (secondary N) is 1. The number of hydrogen-bond acceptors (Lipinski definition) is 4. The first-order chi connectivity index (χ1) is 10.4. The summed E-state index contributed by atoms with van der Waals surface area (Å²) in [6.07, 6.45) is 7.01. The molecule has 1 unspecified atom stereocenters. The van der Waals surface area contributed by atoms with Gasteiger partial charge in [0.1, 0.15) is 5.82 Å². The van der Waals surface area contributed by atoms with Crippen LogP contribution in [0.15, 0.2) is 42.7 Å². The summed E-state index contributed by atoms with van der Waals surface area (Å²) >= 11 is 0. The Morgan fingerprint density at radius 1 is 1.19 bits per heavy atom. The number of rotatable bonds is 4. The molecule has 0 spiro atoms. The van der Waals surface area contributed by atoms with Crippen LogP contribution in [-0.2, 0) is 12.8 Å². The summed E-state index contributed by atoms with van der Waals surface area (Å²) in [6.45, 7) is 0.885. The van der Waals surface area contributed by atoms with E-state index in [0.29, 0.717) is 6.04 Å². The van der Waals surface area contributed by atoms with Gasteiger partial charge in [0.15, 0.2) is 5.65 Å². The molecule has 0 amide bonds. The first-order valence-electron chi connectivity index (χ1n) is 7.37. The Balaban J connectivity index is 1.42. The molecule has 3 heterocycles. The van der Waals surface area contributed by atoms with Crippen molar-refractivity contribution in [3.8, 4) is 0 Å². The van der Waals surface area contributed by atoms with Gasteiger partial charge >= 0.3 is 0 Å². The van der Waals surface area contributed by atoms with Gasteiger partial charge in [-0.25, -0.2) is 0 Å². The highest BCUT2D eigenvalue weighted by atomic mass is 15.2. The average Bonchev–Trinajstić information content (AvgIpc) is 3.13. The topological polar surface area (TPSA) is 55.1 Å². The van der Waals surface area contributed by atoms with Crippen LogP contribution in [0.2, 0.25) is 0 Å². The molecule has 3 aromatic heterocycles. The van der Waals surface area contributed by atoms with Crippen molar-refractivity contribution in [3.05, 3.63) is 59.8 Å². The molecule has 1 N–H and O–H groups in total. The van der Waals surface area contributed by atoms with Crippen LogP contribution in [0.5, 0.6) is 0 Å². The zero-order chi connectivity index (χ0) is 14.1. The first kappa shape index (κ1) is 12.5. The highest BCUT2D eigenvalue weighted by molar-refractivity contribution is 5.37. The fourth-order valence-electron chi connectivity index (χ4n) is 3.03. The van der Waals surface area contributed by atoms with Gasteiger partial charge in [0.2, 0.25) is 0 Å². The Labute approximate surface area is 123 Å². The third kappa shape index (κ3) is 2.29. The van der Waals surface area contributed by atoms with Crippen LogP contribution < -0.4 is 5.32 Å². The Hall–Kier alpha value is -2.27. The minimum absolute atomic E-state index is 0.375. The molecule has 0 saturated carbocycles. The lowest BCUT2D eigenvalue weighted by Crippen LogP contribution is -2.23. The number of nitrogens with zero attached hydrogens (tertiary/aromatic N) is 4. The van der Waals surface area contributed by atoms with Crippen LogP contribution in [0.3, 0.4) is 0 Å². The number of hydrogen-bond donors (Lipinski definition) is 1. The van der Waals surface area contributed by atoms with Crippen molar-refractivity contribution in [1.29, 1.82) is 0 Å². The Kier molecular flexibility index (Phi) is 3.12. The number of fused-ring (bicyclic) bond motifs is 2. The van der Waals surface area contributed by atoms with Gasteiger partial charge in [-0.1, -0.05) is 12.1 Å². The minimum atomic E-state index is 0.375. The highest BCUT2D eigenvalue weighted by Crippen LogP contribution is 2.28. The monoisotopic (exact) mass is 279 g/mol. The highest BCUT2D eigenvalue weighted by Gasteiger charge is 2.22. The minimum Gasteiger partial charge on any atom is -0.308 e. The van der Waals surface area contributed by atoms with E-state index in [9.17, 15) is 0 Å². The second kappa shape index (κ2) is 5.26. The van der Waals surface area contributed by atoms with Crippen molar-refractivity contribution in [1.82, 2.24) is 24.9 Å². The Bertz CT molecular complexity index is 764. The van der Waals surface area contributed by atoms with E-state index in [-0.39, 0.29) is 0 Å². The molecule has 0 fully saturated rings. The van der Waals surface area contributed by atoms with Crippen LogP contribution >= 0.6 is 0 Å². The van der Waals surface area contributed by atoms with Crippen LogP contribution in [-0.4, -0.2) is 26.1 Å². The van der Waals surface area contributed by atoms with E-state index in [1.807, 2.05) is 41.1 Å². The van der Waals surface area contributed by atoms with E-state index in [4.69, 9.17) is 0 Å². The molecule has 0 aromatic carbocycles. The van der Waals surface area contributed by atoms with E-state index in [1.54, 1.807) is 0 Å². The van der Waals surface area contributed by atoms with Gasteiger partial charge in [-0.3, -0.25) is 9.38 Å². The number of aryl methyl sites for hydroxylation is 1. The van der Waals surface area contributed by atoms with Gasteiger partial charge in [0, 0.05) is 25.4 Å². The first-order valence-corrected chi connectivity index (χ1v) is 7.37. The van der Waals surface area contributed by atoms with E-state index in [2.05, 4.69) is 26.6 Å². The zero-order valence-electron chi connectivity index (χ0n) is 11.7. The number of aromatic nitrogens is 4. The van der Waals surface area contributed by atoms with Crippen molar-refractivity contribution in [2.75, 3.05) is 6.54 Å². The lowest BCUT2D eigenvalue weighted by atomic mass is 10.2. The van der Waals surface area contributed by atoms with Crippen LogP contribution in [0.1, 0.15) is 29.5 Å². The van der Waals surface area contributed by atoms with Gasteiger partial charge in [0.05, 0.1) is 11.7 Å². The SMILES string of the molecule is c1cnc2c(c1)CCC2NCCc1nnc2ccccn12. The fraction of sp³-hybridized carbons (Fsp3) is 0.312. The Morgan fingerprint density at radius 3 is 3.19 bits per heavy atom. The molecule has 1 atom stereocenters. The van der Waals surface area contributed by atoms with E-state index >= 15 is 0 Å². The van der Waals surface area contributed by atoms with E-state index in [0.717, 1.165) is 37.3 Å². The van der Waals surface area contributed by atoms with Crippen LogP contribution in [0.25, 0.3) is 5.65 Å². The summed E-state index contributed by atoms with van der Waals surface area (Å²) < 4.78 is 2.04. The molecule has 0 saturated heterocycles. The molecule has 5 heteroatoms. The third-order valence-corrected chi connectivity index (χ3v) is 4.08. The molecule has 0 aliphatic heterocycles. The van der Waals surface area contributed by atoms with Crippen molar-refractivity contribution >= 4 is 5.65 Å². The summed E-state index contributed by atoms with van der Waals surface area (Å²) in [7, 11) is 0. The second-order valence-electron chi connectivity index (χ2n) is 5.39. The van der Waals surface area contributed by atoms with Crippen molar-refractivity contribution in [3.63, 3.8) is 0 Å². The maximum Gasteiger partial charge on any atom is 0.160 e. The van der Waals surface area contributed by atoms with E-state index < -0.39 is 0 Å². The molecular weight excluding hydrogens is 262 g/mol. The second-order valence-corrected chi connectivity index (χ2v) is 5.39. The smallest absolute Gasteiger partial charge is 0.160 e. The molecule has 1 aliphatic rings. The summed E-state index contributed by atoms with van der Waals surface area (Å²) in [6, 6.07) is 10.5. The van der Waals surface area contributed by atoms with Gasteiger partial charge in [0.25, 0.3) is 0 Å². The molecule has 21 heavy (non-hydrogen) atoms. The van der Waals surface area contributed by atoms with Crippen molar-refractivity contribution in [2.24, 2.45) is 0 Å². The van der Waals surface area contributed by atoms with Crippen molar-refractivity contribution < 1.29 is 0 Å². The molecule has 4 rings (SSSR count). The summed E-state index contributed by atoms with van der Waals surface area (Å²) in [5.41, 5.74) is 3.49.